The number of nitrogens with zero attached hydrogens (tertiary/aromatic N) is 3. The van der Waals surface area contributed by atoms with Crippen LogP contribution in [0.4, 0.5) is 0 Å². The summed E-state index contributed by atoms with van der Waals surface area (Å²) in [7, 11) is 1.78. The molecule has 2 saturated heterocycles. The molecule has 1 unspecified atom stereocenters. The number of rotatable bonds is 5. The van der Waals surface area contributed by atoms with E-state index in [0.717, 1.165) is 31.9 Å². The van der Waals surface area contributed by atoms with E-state index in [1.165, 1.54) is 10.5 Å². The lowest BCUT2D eigenvalue weighted by atomic mass is 9.99. The van der Waals surface area contributed by atoms with Crippen molar-refractivity contribution >= 4 is 17.8 Å². The molecule has 1 aromatic carbocycles. The smallest absolute Gasteiger partial charge is 0.229 e. The molecule has 2 aliphatic rings. The molecule has 0 aliphatic carbocycles. The average Bonchev–Trinajstić information content (AvgIpc) is 3.10. The minimum atomic E-state index is -0.0536. The first-order chi connectivity index (χ1) is 12.7. The first-order valence-electron chi connectivity index (χ1n) is 9.50. The Bertz CT molecular complexity index is 643. The molecule has 1 aromatic rings. The van der Waals surface area contributed by atoms with E-state index in [4.69, 9.17) is 0 Å². The van der Waals surface area contributed by atoms with Crippen molar-refractivity contribution in [2.45, 2.75) is 32.1 Å². The summed E-state index contributed by atoms with van der Waals surface area (Å²) in [6.45, 7) is 2.93. The van der Waals surface area contributed by atoms with Gasteiger partial charge in [-0.15, -0.1) is 0 Å². The van der Waals surface area contributed by atoms with Crippen LogP contribution in [-0.2, 0) is 16.0 Å². The van der Waals surface area contributed by atoms with Crippen LogP contribution in [0.5, 0.6) is 0 Å². The van der Waals surface area contributed by atoms with Crippen molar-refractivity contribution in [2.75, 3.05) is 33.2 Å². The highest BCUT2D eigenvalue weighted by molar-refractivity contribution is 5.97. The SMILES string of the molecule is CN=C(NCCN1C(=O)CCCC1=O)N1CCC(Cc2ccccc2)C1. The van der Waals surface area contributed by atoms with Gasteiger partial charge in [0.2, 0.25) is 11.8 Å². The summed E-state index contributed by atoms with van der Waals surface area (Å²) in [5, 5.41) is 3.31. The normalized spacial score (nSPS) is 21.4. The van der Waals surface area contributed by atoms with Gasteiger partial charge in [0.15, 0.2) is 5.96 Å². The zero-order valence-electron chi connectivity index (χ0n) is 15.5. The molecule has 0 bridgehead atoms. The number of piperidine rings is 1. The number of hydrogen-bond donors (Lipinski definition) is 1. The van der Waals surface area contributed by atoms with E-state index in [2.05, 4.69) is 39.5 Å². The Kier molecular flexibility index (Phi) is 6.26. The van der Waals surface area contributed by atoms with Crippen molar-refractivity contribution in [3.63, 3.8) is 0 Å². The largest absolute Gasteiger partial charge is 0.354 e. The summed E-state index contributed by atoms with van der Waals surface area (Å²) in [5.74, 6) is 1.38. The zero-order chi connectivity index (χ0) is 18.4. The van der Waals surface area contributed by atoms with Gasteiger partial charge < -0.3 is 10.2 Å². The summed E-state index contributed by atoms with van der Waals surface area (Å²) < 4.78 is 0. The molecule has 0 saturated carbocycles. The van der Waals surface area contributed by atoms with E-state index in [0.29, 0.717) is 38.3 Å². The van der Waals surface area contributed by atoms with Crippen LogP contribution in [0.2, 0.25) is 0 Å². The molecule has 2 amide bonds. The van der Waals surface area contributed by atoms with Crippen molar-refractivity contribution in [1.82, 2.24) is 15.1 Å². The Morgan fingerprint density at radius 3 is 2.62 bits per heavy atom. The minimum Gasteiger partial charge on any atom is -0.354 e. The lowest BCUT2D eigenvalue weighted by Gasteiger charge is -2.26. The second-order valence-corrected chi connectivity index (χ2v) is 7.06. The topological polar surface area (TPSA) is 65.0 Å². The van der Waals surface area contributed by atoms with Crippen molar-refractivity contribution in [3.05, 3.63) is 35.9 Å². The molecule has 0 aromatic heterocycles. The fourth-order valence-corrected chi connectivity index (χ4v) is 3.80. The fourth-order valence-electron chi connectivity index (χ4n) is 3.80. The zero-order valence-corrected chi connectivity index (χ0v) is 15.5. The Balaban J connectivity index is 1.46. The molecular weight excluding hydrogens is 328 g/mol. The number of carbonyl (C=O) groups is 2. The van der Waals surface area contributed by atoms with Gasteiger partial charge in [-0.1, -0.05) is 30.3 Å². The van der Waals surface area contributed by atoms with Crippen LogP contribution in [0.15, 0.2) is 35.3 Å². The molecule has 2 fully saturated rings. The predicted octanol–water partition coefficient (Wildman–Crippen LogP) is 1.67. The summed E-state index contributed by atoms with van der Waals surface area (Å²) in [6.07, 6.45) is 3.88. The molecule has 6 heteroatoms. The monoisotopic (exact) mass is 356 g/mol. The molecule has 2 aliphatic heterocycles. The van der Waals surface area contributed by atoms with Gasteiger partial charge in [0.05, 0.1) is 0 Å². The summed E-state index contributed by atoms with van der Waals surface area (Å²) >= 11 is 0. The van der Waals surface area contributed by atoms with Gasteiger partial charge in [-0.2, -0.15) is 0 Å². The van der Waals surface area contributed by atoms with Gasteiger partial charge in [0.1, 0.15) is 0 Å². The maximum Gasteiger partial charge on any atom is 0.229 e. The van der Waals surface area contributed by atoms with Crippen LogP contribution in [0.3, 0.4) is 0 Å². The summed E-state index contributed by atoms with van der Waals surface area (Å²) in [5.41, 5.74) is 1.38. The number of imide groups is 1. The maximum atomic E-state index is 11.9. The van der Waals surface area contributed by atoms with Gasteiger partial charge in [-0.3, -0.25) is 19.5 Å². The molecule has 0 radical (unpaired) electrons. The third-order valence-electron chi connectivity index (χ3n) is 5.17. The first-order valence-corrected chi connectivity index (χ1v) is 9.50. The molecule has 1 N–H and O–H groups in total. The molecule has 1 atom stereocenters. The van der Waals surface area contributed by atoms with Crippen molar-refractivity contribution < 1.29 is 9.59 Å². The quantitative estimate of drug-likeness (QED) is 0.495. The van der Waals surface area contributed by atoms with Crippen LogP contribution in [0.25, 0.3) is 0 Å². The van der Waals surface area contributed by atoms with Crippen LogP contribution in [-0.4, -0.2) is 60.8 Å². The van der Waals surface area contributed by atoms with E-state index in [1.54, 1.807) is 7.05 Å². The minimum absolute atomic E-state index is 0.0536. The number of aliphatic imine (C=N–C) groups is 1. The van der Waals surface area contributed by atoms with Gasteiger partial charge in [0.25, 0.3) is 0 Å². The Morgan fingerprint density at radius 2 is 1.92 bits per heavy atom. The standard InChI is InChI=1S/C20H28N4O2/c1-21-20(22-11-13-24-18(25)8-5-9-19(24)26)23-12-10-17(15-23)14-16-6-3-2-4-7-16/h2-4,6-7,17H,5,8-15H2,1H3,(H,21,22). The maximum absolute atomic E-state index is 11.9. The second kappa shape index (κ2) is 8.83. The van der Waals surface area contributed by atoms with Crippen LogP contribution in [0.1, 0.15) is 31.2 Å². The first kappa shape index (κ1) is 18.4. The van der Waals surface area contributed by atoms with Gasteiger partial charge in [-0.25, -0.2) is 0 Å². The van der Waals surface area contributed by atoms with E-state index in [-0.39, 0.29) is 11.8 Å². The molecule has 140 valence electrons. The average molecular weight is 356 g/mol. The number of hydrogen-bond acceptors (Lipinski definition) is 3. The molecular formula is C20H28N4O2. The Labute approximate surface area is 155 Å². The van der Waals surface area contributed by atoms with E-state index < -0.39 is 0 Å². The molecule has 0 spiro atoms. The highest BCUT2D eigenvalue weighted by atomic mass is 16.2. The van der Waals surface area contributed by atoms with Crippen molar-refractivity contribution in [2.24, 2.45) is 10.9 Å². The van der Waals surface area contributed by atoms with Crippen molar-refractivity contribution in [3.8, 4) is 0 Å². The fraction of sp³-hybridized carbons (Fsp3) is 0.550. The predicted molar refractivity (Wildman–Crippen MR) is 102 cm³/mol. The highest BCUT2D eigenvalue weighted by Gasteiger charge is 2.27. The molecule has 6 nitrogen and oxygen atoms in total. The number of nitrogens with one attached hydrogen (secondary N) is 1. The Hall–Kier alpha value is -2.37. The van der Waals surface area contributed by atoms with Crippen LogP contribution >= 0.6 is 0 Å². The van der Waals surface area contributed by atoms with Gasteiger partial charge >= 0.3 is 0 Å². The number of benzene rings is 1. The van der Waals surface area contributed by atoms with E-state index in [1.807, 2.05) is 6.07 Å². The van der Waals surface area contributed by atoms with Crippen molar-refractivity contribution in [1.29, 1.82) is 0 Å². The van der Waals surface area contributed by atoms with E-state index in [9.17, 15) is 9.59 Å². The summed E-state index contributed by atoms with van der Waals surface area (Å²) in [4.78, 5) is 31.7. The molecule has 26 heavy (non-hydrogen) atoms. The Morgan fingerprint density at radius 1 is 1.19 bits per heavy atom. The second-order valence-electron chi connectivity index (χ2n) is 7.06. The van der Waals surface area contributed by atoms with Crippen LogP contribution < -0.4 is 5.32 Å². The van der Waals surface area contributed by atoms with E-state index >= 15 is 0 Å². The highest BCUT2D eigenvalue weighted by Crippen LogP contribution is 2.20. The van der Waals surface area contributed by atoms with Crippen LogP contribution in [0, 0.1) is 5.92 Å². The number of carbonyl (C=O) groups excluding carboxylic acids is 2. The summed E-state index contributed by atoms with van der Waals surface area (Å²) in [6, 6.07) is 10.6. The number of likely N-dealkylation sites (tertiary alicyclic amines) is 2. The van der Waals surface area contributed by atoms with Gasteiger partial charge in [0, 0.05) is 46.1 Å². The van der Waals surface area contributed by atoms with Gasteiger partial charge in [-0.05, 0) is 30.7 Å². The third-order valence-corrected chi connectivity index (χ3v) is 5.17. The number of amides is 2. The molecule has 2 heterocycles. The molecule has 3 rings (SSSR count). The number of guanidine groups is 1. The lowest BCUT2D eigenvalue weighted by Crippen LogP contribution is -2.47. The lowest BCUT2D eigenvalue weighted by molar-refractivity contribution is -0.147. The third kappa shape index (κ3) is 4.62.